The van der Waals surface area contributed by atoms with Crippen LogP contribution < -0.4 is 5.32 Å². The molecule has 2 heterocycles. The molecule has 0 saturated carbocycles. The maximum Gasteiger partial charge on any atom is 0.259 e. The van der Waals surface area contributed by atoms with Gasteiger partial charge in [-0.05, 0) is 29.3 Å². The van der Waals surface area contributed by atoms with Crippen molar-refractivity contribution in [3.05, 3.63) is 99.9 Å². The van der Waals surface area contributed by atoms with Crippen molar-refractivity contribution in [2.45, 2.75) is 13.1 Å². The highest BCUT2D eigenvalue weighted by molar-refractivity contribution is 6.31. The lowest BCUT2D eigenvalue weighted by molar-refractivity contribution is 0.102. The van der Waals surface area contributed by atoms with Crippen LogP contribution in [0.15, 0.2) is 73.2 Å². The van der Waals surface area contributed by atoms with Crippen LogP contribution in [0.4, 0.5) is 5.82 Å². The molecule has 0 aliphatic carbocycles. The van der Waals surface area contributed by atoms with E-state index in [4.69, 9.17) is 23.2 Å². The summed E-state index contributed by atoms with van der Waals surface area (Å²) in [5.74, 6) is 0.331. The van der Waals surface area contributed by atoms with Crippen molar-refractivity contribution in [2.24, 2.45) is 0 Å². The van der Waals surface area contributed by atoms with Gasteiger partial charge in [0.25, 0.3) is 5.91 Å². The van der Waals surface area contributed by atoms with Crippen molar-refractivity contribution in [3.8, 4) is 0 Å². The number of hydrogen-bond donors (Lipinski definition) is 1. The first-order valence-electron chi connectivity index (χ1n) is 8.92. The number of nitrogens with one attached hydrogen (secondary N) is 1. The molecule has 0 saturated heterocycles. The summed E-state index contributed by atoms with van der Waals surface area (Å²) in [6, 6.07) is 16.8. The Morgan fingerprint density at radius 1 is 1.00 bits per heavy atom. The Hall–Kier alpha value is -3.09. The van der Waals surface area contributed by atoms with Gasteiger partial charge in [-0.3, -0.25) is 9.48 Å². The molecule has 0 aliphatic rings. The third-order valence-electron chi connectivity index (χ3n) is 4.37. The summed E-state index contributed by atoms with van der Waals surface area (Å²) in [7, 11) is 0. The molecule has 1 amide bonds. The molecule has 0 bridgehead atoms. The van der Waals surface area contributed by atoms with Crippen LogP contribution in [0, 0.1) is 0 Å². The smallest absolute Gasteiger partial charge is 0.259 e. The van der Waals surface area contributed by atoms with Crippen LogP contribution >= 0.6 is 23.2 Å². The zero-order valence-corrected chi connectivity index (χ0v) is 16.8. The maximum atomic E-state index is 12.7. The minimum absolute atomic E-state index is 0.261. The molecule has 0 atom stereocenters. The second-order valence-electron chi connectivity index (χ2n) is 6.48. The van der Waals surface area contributed by atoms with Gasteiger partial charge in [0.1, 0.15) is 5.82 Å². The quantitative estimate of drug-likeness (QED) is 0.485. The van der Waals surface area contributed by atoms with Crippen molar-refractivity contribution >= 4 is 34.9 Å². The summed E-state index contributed by atoms with van der Waals surface area (Å²) < 4.78 is 3.39. The van der Waals surface area contributed by atoms with Gasteiger partial charge in [0.2, 0.25) is 0 Å². The molecule has 0 aliphatic heterocycles. The van der Waals surface area contributed by atoms with E-state index >= 15 is 0 Å². The SMILES string of the molecule is O=C(Nc1ccnn1Cc1cccc(Cl)c1)c1cnn(Cc2ccccc2Cl)c1. The van der Waals surface area contributed by atoms with E-state index in [2.05, 4.69) is 15.5 Å². The summed E-state index contributed by atoms with van der Waals surface area (Å²) in [5.41, 5.74) is 2.38. The second kappa shape index (κ2) is 8.51. The van der Waals surface area contributed by atoms with Crippen molar-refractivity contribution in [1.82, 2.24) is 19.6 Å². The number of benzene rings is 2. The summed E-state index contributed by atoms with van der Waals surface area (Å²) in [4.78, 5) is 12.7. The fourth-order valence-corrected chi connectivity index (χ4v) is 3.34. The van der Waals surface area contributed by atoms with Gasteiger partial charge < -0.3 is 5.32 Å². The number of nitrogens with zero attached hydrogens (tertiary/aromatic N) is 4. The van der Waals surface area contributed by atoms with Crippen LogP contribution in [0.2, 0.25) is 10.0 Å². The van der Waals surface area contributed by atoms with E-state index in [1.54, 1.807) is 27.8 Å². The Morgan fingerprint density at radius 3 is 2.69 bits per heavy atom. The average Bonchev–Trinajstić information content (AvgIpc) is 3.34. The number of aromatic nitrogens is 4. The van der Waals surface area contributed by atoms with Crippen LogP contribution in [0.25, 0.3) is 0 Å². The molecule has 146 valence electrons. The highest BCUT2D eigenvalue weighted by Crippen LogP contribution is 2.17. The van der Waals surface area contributed by atoms with Gasteiger partial charge in [0, 0.05) is 22.3 Å². The predicted octanol–water partition coefficient (Wildman–Crippen LogP) is 4.74. The van der Waals surface area contributed by atoms with Crippen LogP contribution in [0.5, 0.6) is 0 Å². The normalized spacial score (nSPS) is 10.8. The number of carbonyl (C=O) groups is 1. The number of hydrogen-bond acceptors (Lipinski definition) is 3. The monoisotopic (exact) mass is 425 g/mol. The second-order valence-corrected chi connectivity index (χ2v) is 7.32. The molecule has 2 aromatic carbocycles. The zero-order valence-electron chi connectivity index (χ0n) is 15.3. The number of halogens is 2. The lowest BCUT2D eigenvalue weighted by Crippen LogP contribution is -2.15. The van der Waals surface area contributed by atoms with Gasteiger partial charge in [0.15, 0.2) is 0 Å². The fourth-order valence-electron chi connectivity index (χ4n) is 2.93. The van der Waals surface area contributed by atoms with E-state index in [1.807, 2.05) is 48.5 Å². The van der Waals surface area contributed by atoms with E-state index in [1.165, 1.54) is 6.20 Å². The molecule has 4 rings (SSSR count). The van der Waals surface area contributed by atoms with E-state index in [0.29, 0.717) is 34.5 Å². The first-order chi connectivity index (χ1) is 14.1. The molecule has 6 nitrogen and oxygen atoms in total. The Balaban J connectivity index is 1.45. The Morgan fingerprint density at radius 2 is 1.86 bits per heavy atom. The third-order valence-corrected chi connectivity index (χ3v) is 4.97. The largest absolute Gasteiger partial charge is 0.307 e. The first kappa shape index (κ1) is 19.2. The van der Waals surface area contributed by atoms with E-state index in [-0.39, 0.29) is 5.91 Å². The molecule has 0 fully saturated rings. The van der Waals surface area contributed by atoms with Crippen LogP contribution in [-0.4, -0.2) is 25.5 Å². The summed E-state index contributed by atoms with van der Waals surface area (Å²) in [5, 5.41) is 12.7. The first-order valence-corrected chi connectivity index (χ1v) is 9.67. The van der Waals surface area contributed by atoms with E-state index in [9.17, 15) is 4.79 Å². The minimum Gasteiger partial charge on any atom is -0.307 e. The molecule has 29 heavy (non-hydrogen) atoms. The fraction of sp³-hybridized carbons (Fsp3) is 0.0952. The van der Waals surface area contributed by atoms with Gasteiger partial charge in [0.05, 0.1) is 31.0 Å². The third kappa shape index (κ3) is 4.67. The summed E-state index contributed by atoms with van der Waals surface area (Å²) in [6.45, 7) is 0.981. The predicted molar refractivity (Wildman–Crippen MR) is 114 cm³/mol. The Labute approximate surface area is 177 Å². The number of carbonyl (C=O) groups excluding carboxylic acids is 1. The van der Waals surface area contributed by atoms with Crippen molar-refractivity contribution < 1.29 is 4.79 Å². The topological polar surface area (TPSA) is 64.7 Å². The Bertz CT molecular complexity index is 1150. The standard InChI is InChI=1S/C21H17Cl2N5O/c22-18-6-3-4-15(10-18)12-28-20(8-9-24-28)26-21(29)17-11-25-27(14-17)13-16-5-1-2-7-19(16)23/h1-11,14H,12-13H2,(H,26,29). The minimum atomic E-state index is -0.261. The molecule has 8 heteroatoms. The van der Waals surface area contributed by atoms with Crippen molar-refractivity contribution in [1.29, 1.82) is 0 Å². The highest BCUT2D eigenvalue weighted by Gasteiger charge is 2.13. The zero-order chi connectivity index (χ0) is 20.2. The molecular weight excluding hydrogens is 409 g/mol. The lowest BCUT2D eigenvalue weighted by Gasteiger charge is -2.09. The lowest BCUT2D eigenvalue weighted by atomic mass is 10.2. The number of anilines is 1. The van der Waals surface area contributed by atoms with Gasteiger partial charge in [-0.2, -0.15) is 10.2 Å². The Kier molecular flexibility index (Phi) is 5.64. The molecular formula is C21H17Cl2N5O. The molecule has 2 aromatic heterocycles. The number of amides is 1. The highest BCUT2D eigenvalue weighted by atomic mass is 35.5. The van der Waals surface area contributed by atoms with Gasteiger partial charge in [-0.25, -0.2) is 4.68 Å². The molecule has 0 spiro atoms. The van der Waals surface area contributed by atoms with Crippen LogP contribution in [-0.2, 0) is 13.1 Å². The van der Waals surface area contributed by atoms with Crippen LogP contribution in [0.3, 0.4) is 0 Å². The summed E-state index contributed by atoms with van der Waals surface area (Å²) >= 11 is 12.2. The van der Waals surface area contributed by atoms with Crippen LogP contribution in [0.1, 0.15) is 21.5 Å². The van der Waals surface area contributed by atoms with Gasteiger partial charge in [-0.1, -0.05) is 53.5 Å². The van der Waals surface area contributed by atoms with Gasteiger partial charge in [-0.15, -0.1) is 0 Å². The average molecular weight is 426 g/mol. The van der Waals surface area contributed by atoms with E-state index < -0.39 is 0 Å². The van der Waals surface area contributed by atoms with Crippen molar-refractivity contribution in [3.63, 3.8) is 0 Å². The summed E-state index contributed by atoms with van der Waals surface area (Å²) in [6.07, 6.45) is 4.86. The molecule has 0 radical (unpaired) electrons. The molecule has 4 aromatic rings. The van der Waals surface area contributed by atoms with Crippen molar-refractivity contribution in [2.75, 3.05) is 5.32 Å². The molecule has 1 N–H and O–H groups in total. The number of rotatable bonds is 6. The van der Waals surface area contributed by atoms with Gasteiger partial charge >= 0.3 is 0 Å². The maximum absolute atomic E-state index is 12.7. The van der Waals surface area contributed by atoms with E-state index in [0.717, 1.165) is 11.1 Å². The molecule has 0 unspecified atom stereocenters.